The number of para-hydroxylation sites is 6. The maximum Gasteiger partial charge on any atom is 0.0647 e. The molecule has 0 aliphatic rings. The van der Waals surface area contributed by atoms with Gasteiger partial charge in [0.15, 0.2) is 0 Å². The van der Waals surface area contributed by atoms with Crippen LogP contribution in [0.3, 0.4) is 0 Å². The number of anilines is 12. The van der Waals surface area contributed by atoms with Crippen molar-refractivity contribution in [2.75, 3.05) is 19.6 Å². The van der Waals surface area contributed by atoms with Crippen LogP contribution in [0.4, 0.5) is 68.2 Å². The smallest absolute Gasteiger partial charge is 0.0647 e. The number of rotatable bonds is 21. The Morgan fingerprint density at radius 3 is 0.559 bits per heavy atom. The van der Waals surface area contributed by atoms with Crippen LogP contribution in [-0.4, -0.2) is 0 Å². The molecule has 0 bridgehead atoms. The van der Waals surface area contributed by atoms with Crippen molar-refractivity contribution >= 4 is 136 Å². The van der Waals surface area contributed by atoms with E-state index in [9.17, 15) is 0 Å². The van der Waals surface area contributed by atoms with Gasteiger partial charge < -0.3 is 19.6 Å². The van der Waals surface area contributed by atoms with Gasteiger partial charge in [-0.15, -0.1) is 34.0 Å². The van der Waals surface area contributed by atoms with E-state index in [2.05, 4.69) is 456 Å². The molecule has 0 saturated heterocycles. The molecule has 118 heavy (non-hydrogen) atoms. The molecule has 578 valence electrons. The highest BCUT2D eigenvalue weighted by Crippen LogP contribution is 2.56. The van der Waals surface area contributed by atoms with Crippen molar-refractivity contribution in [3.8, 4) is 100 Å². The zero-order chi connectivity index (χ0) is 80.7. The highest BCUT2D eigenvalue weighted by molar-refractivity contribution is 7.10. The Labute approximate surface area is 719 Å². The summed E-state index contributed by atoms with van der Waals surface area (Å²) in [6.45, 7) is 21.1. The van der Waals surface area contributed by atoms with Gasteiger partial charge in [0.05, 0.1) is 34.1 Å². The third kappa shape index (κ3) is 15.5. The van der Waals surface area contributed by atoms with E-state index in [1.807, 2.05) is 0 Å². The Bertz CT molecular complexity index is 5720. The van der Waals surface area contributed by atoms with Gasteiger partial charge >= 0.3 is 0 Å². The van der Waals surface area contributed by atoms with E-state index >= 15 is 0 Å². The van der Waals surface area contributed by atoms with Crippen molar-refractivity contribution < 1.29 is 0 Å². The highest BCUT2D eigenvalue weighted by atomic mass is 32.1. The molecule has 0 atom stereocenters. The van der Waals surface area contributed by atoms with Gasteiger partial charge in [0.1, 0.15) is 0 Å². The Morgan fingerprint density at radius 2 is 0.347 bits per heavy atom. The minimum absolute atomic E-state index is 0.189. The van der Waals surface area contributed by atoms with Gasteiger partial charge in [-0.1, -0.05) is 263 Å². The molecule has 18 aromatic rings. The summed E-state index contributed by atoms with van der Waals surface area (Å²) in [5.74, 6) is 0. The number of nitrogens with zero attached hydrogens (tertiary/aromatic N) is 4. The average Bonchev–Trinajstić information content (AvgIpc) is 1.20. The second-order valence-electron chi connectivity index (χ2n) is 33.1. The molecule has 6 heterocycles. The van der Waals surface area contributed by atoms with E-state index in [4.69, 9.17) is 0 Å². The summed E-state index contributed by atoms with van der Waals surface area (Å²) in [5.41, 5.74) is 37.7. The van der Waals surface area contributed by atoms with Crippen LogP contribution in [0.15, 0.2) is 374 Å². The monoisotopic (exact) mass is 1630 g/mol. The van der Waals surface area contributed by atoms with Crippen molar-refractivity contribution in [1.82, 2.24) is 0 Å². The highest BCUT2D eigenvalue weighted by Gasteiger charge is 2.32. The number of hydrogen-bond acceptors (Lipinski definition) is 10. The van der Waals surface area contributed by atoms with Gasteiger partial charge in [-0.3, -0.25) is 0 Å². The summed E-state index contributed by atoms with van der Waals surface area (Å²) >= 11 is 10.5. The Morgan fingerprint density at radius 1 is 0.161 bits per heavy atom. The first-order chi connectivity index (χ1) is 57.5. The lowest BCUT2D eigenvalue weighted by molar-refractivity contribution is 0.590. The zero-order valence-electron chi connectivity index (χ0n) is 67.6. The summed E-state index contributed by atoms with van der Waals surface area (Å²) in [6, 6.07) is 114. The van der Waals surface area contributed by atoms with Crippen molar-refractivity contribution in [3.63, 3.8) is 0 Å². The normalized spacial score (nSPS) is 11.8. The van der Waals surface area contributed by atoms with Crippen LogP contribution < -0.4 is 19.6 Å². The maximum absolute atomic E-state index is 2.65. The second kappa shape index (κ2) is 32.9. The standard InChI is InChI=1S/C108H90N4S6/c1-106(2,3)79-52-55-100(88(58-79)97-67-113-61-91(97)73-40-46-76(47-41-73)94-64-116-70-103(94)109(82-28-16-10-17-29-82)83-30-18-11-19-31-83)112(101-56-53-80(107(4,5)6)59-89(101)98-68-114-62-92(98)74-42-48-77(49-43-74)95-65-117-71-104(95)110(84-32-20-12-21-33-84)85-34-22-13-23-35-85)102-57-54-81(108(7,8)9)60-90(102)99-69-115-63-93(99)75-44-50-78(51-45-75)96-66-118-72-105(96)111(86-36-24-14-25-37-86)87-38-26-15-27-39-87/h10-72H,1-9H3. The molecule has 0 aliphatic heterocycles. The van der Waals surface area contributed by atoms with Crippen LogP contribution in [0.2, 0.25) is 0 Å². The van der Waals surface area contributed by atoms with Crippen LogP contribution in [-0.2, 0) is 16.2 Å². The molecule has 0 unspecified atom stereocenters. The molecule has 0 fully saturated rings. The van der Waals surface area contributed by atoms with E-state index < -0.39 is 0 Å². The van der Waals surface area contributed by atoms with Gasteiger partial charge in [0.25, 0.3) is 0 Å². The molecule has 4 nitrogen and oxygen atoms in total. The zero-order valence-corrected chi connectivity index (χ0v) is 72.5. The molecule has 0 saturated carbocycles. The summed E-state index contributed by atoms with van der Waals surface area (Å²) < 4.78 is 0. The molecule has 6 aromatic heterocycles. The fourth-order valence-electron chi connectivity index (χ4n) is 16.1. The quantitative estimate of drug-likeness (QED) is 0.0711. The topological polar surface area (TPSA) is 13.0 Å². The molecule has 10 heteroatoms. The predicted octanol–water partition coefficient (Wildman–Crippen LogP) is 34.8. The van der Waals surface area contributed by atoms with E-state index in [-0.39, 0.29) is 16.2 Å². The third-order valence-electron chi connectivity index (χ3n) is 22.4. The molecule has 0 spiro atoms. The van der Waals surface area contributed by atoms with Crippen molar-refractivity contribution in [3.05, 3.63) is 391 Å². The van der Waals surface area contributed by atoms with Crippen LogP contribution in [0, 0.1) is 0 Å². The summed E-state index contributed by atoms with van der Waals surface area (Å²) in [4.78, 5) is 9.80. The molecule has 0 N–H and O–H groups in total. The van der Waals surface area contributed by atoms with Crippen LogP contribution >= 0.6 is 68.0 Å². The molecule has 12 aromatic carbocycles. The number of hydrogen-bond donors (Lipinski definition) is 0. The van der Waals surface area contributed by atoms with Crippen molar-refractivity contribution in [1.29, 1.82) is 0 Å². The SMILES string of the molecule is CC(C)(C)c1ccc(N(c2ccc(C(C)(C)C)cc2-c2cscc2-c2ccc(-c3cscc3N(c3ccccc3)c3ccccc3)cc2)c2ccc(C(C)(C)C)cc2-c2cscc2-c2ccc(-c3cscc3N(c3ccccc3)c3ccccc3)cc2)c(-c2cscc2-c2ccc(-c3cscc3N(c3ccccc3)c3ccccc3)cc2)c1. The molecule has 0 amide bonds. The van der Waals surface area contributed by atoms with Gasteiger partial charge in [-0.2, -0.15) is 34.0 Å². The average molecular weight is 1640 g/mol. The van der Waals surface area contributed by atoms with E-state index in [0.717, 1.165) is 118 Å². The molecular weight excluding hydrogens is 1550 g/mol. The lowest BCUT2D eigenvalue weighted by atomic mass is 9.82. The lowest BCUT2D eigenvalue weighted by Crippen LogP contribution is -2.18. The molecule has 0 radical (unpaired) electrons. The summed E-state index contributed by atoms with van der Waals surface area (Å²) in [5, 5.41) is 28.1. The molecular formula is C108H90N4S6. The molecule has 18 rings (SSSR count). The van der Waals surface area contributed by atoms with Crippen LogP contribution in [0.1, 0.15) is 79.0 Å². The second-order valence-corrected chi connectivity index (χ2v) is 37.6. The van der Waals surface area contributed by atoms with Gasteiger partial charge in [-0.25, -0.2) is 0 Å². The predicted molar refractivity (Wildman–Crippen MR) is 517 cm³/mol. The molecule has 0 aliphatic carbocycles. The summed E-state index contributed by atoms with van der Waals surface area (Å²) in [6.07, 6.45) is 0. The fourth-order valence-corrected chi connectivity index (χ4v) is 21.1. The lowest BCUT2D eigenvalue weighted by Gasteiger charge is -2.34. The first-order valence-corrected chi connectivity index (χ1v) is 45.8. The van der Waals surface area contributed by atoms with E-state index in [1.54, 1.807) is 68.0 Å². The number of benzene rings is 12. The minimum Gasteiger partial charge on any atom is -0.309 e. The first kappa shape index (κ1) is 77.3. The first-order valence-electron chi connectivity index (χ1n) is 40.1. The minimum atomic E-state index is -0.189. The maximum atomic E-state index is 2.65. The van der Waals surface area contributed by atoms with Crippen LogP contribution in [0.5, 0.6) is 0 Å². The third-order valence-corrected chi connectivity index (χ3v) is 26.8. The Kier molecular flexibility index (Phi) is 21.5. The fraction of sp³-hybridized carbons (Fsp3) is 0.111. The van der Waals surface area contributed by atoms with E-state index in [0.29, 0.717) is 0 Å². The van der Waals surface area contributed by atoms with E-state index in [1.165, 1.54) is 66.8 Å². The van der Waals surface area contributed by atoms with Crippen LogP contribution in [0.25, 0.3) is 100 Å². The number of thiophene rings is 6. The summed E-state index contributed by atoms with van der Waals surface area (Å²) in [7, 11) is 0. The van der Waals surface area contributed by atoms with Gasteiger partial charge in [-0.05, 0) is 208 Å². The van der Waals surface area contributed by atoms with Gasteiger partial charge in [0.2, 0.25) is 0 Å². The Balaban J connectivity index is 0.810. The van der Waals surface area contributed by atoms with Crippen molar-refractivity contribution in [2.24, 2.45) is 0 Å². The Hall–Kier alpha value is -12.0. The largest absolute Gasteiger partial charge is 0.309 e. The van der Waals surface area contributed by atoms with Crippen molar-refractivity contribution in [2.45, 2.75) is 78.6 Å². The van der Waals surface area contributed by atoms with Gasteiger partial charge in [0, 0.05) is 133 Å².